The van der Waals surface area contributed by atoms with Crippen LogP contribution >= 0.6 is 11.3 Å². The summed E-state index contributed by atoms with van der Waals surface area (Å²) in [5, 5.41) is 3.70. The minimum atomic E-state index is -0.307. The van der Waals surface area contributed by atoms with E-state index in [0.29, 0.717) is 23.8 Å². The molecule has 1 N–H and O–H groups in total. The number of nitrogens with one attached hydrogen (secondary N) is 1. The maximum Gasteiger partial charge on any atom is 0.348 e. The van der Waals surface area contributed by atoms with Crippen LogP contribution in [-0.2, 0) is 9.53 Å². The molecule has 2 aliphatic carbocycles. The monoisotopic (exact) mass is 321 g/mol. The number of amides is 1. The second-order valence-corrected chi connectivity index (χ2v) is 7.58. The molecule has 2 fully saturated rings. The van der Waals surface area contributed by atoms with Gasteiger partial charge in [-0.3, -0.25) is 4.79 Å². The highest BCUT2D eigenvalue weighted by atomic mass is 32.1. The quantitative estimate of drug-likeness (QED) is 0.834. The summed E-state index contributed by atoms with van der Waals surface area (Å²) in [5.74, 6) is 1.95. The second-order valence-electron chi connectivity index (χ2n) is 6.53. The van der Waals surface area contributed by atoms with Gasteiger partial charge < -0.3 is 10.1 Å². The first-order valence-corrected chi connectivity index (χ1v) is 8.95. The van der Waals surface area contributed by atoms with Gasteiger partial charge in [-0.25, -0.2) is 4.79 Å². The third-order valence-corrected chi connectivity index (χ3v) is 6.11. The number of hydrogen-bond acceptors (Lipinski definition) is 4. The topological polar surface area (TPSA) is 55.4 Å². The molecule has 2 saturated carbocycles. The summed E-state index contributed by atoms with van der Waals surface area (Å²) in [6, 6.07) is 1.86. The Kier molecular flexibility index (Phi) is 4.52. The second kappa shape index (κ2) is 6.41. The number of carbonyl (C=O) groups excluding carboxylic acids is 2. The van der Waals surface area contributed by atoms with Crippen molar-refractivity contribution in [3.63, 3.8) is 0 Å². The zero-order chi connectivity index (χ0) is 15.7. The molecule has 22 heavy (non-hydrogen) atoms. The van der Waals surface area contributed by atoms with Crippen molar-refractivity contribution in [2.24, 2.45) is 17.8 Å². The van der Waals surface area contributed by atoms with Crippen molar-refractivity contribution in [2.45, 2.75) is 46.0 Å². The summed E-state index contributed by atoms with van der Waals surface area (Å²) >= 11 is 1.30. The van der Waals surface area contributed by atoms with E-state index < -0.39 is 0 Å². The number of fused-ring (bicyclic) bond motifs is 2. The van der Waals surface area contributed by atoms with E-state index in [0.717, 1.165) is 22.4 Å². The zero-order valence-electron chi connectivity index (χ0n) is 13.2. The molecular formula is C17H23NO3S. The lowest BCUT2D eigenvalue weighted by atomic mass is 9.86. The minimum Gasteiger partial charge on any atom is -0.462 e. The maximum atomic E-state index is 12.2. The summed E-state index contributed by atoms with van der Waals surface area (Å²) in [4.78, 5) is 24.6. The molecule has 0 radical (unpaired) electrons. The first-order valence-electron chi connectivity index (χ1n) is 8.14. The number of thiophene rings is 1. The Bertz CT molecular complexity index is 580. The molecule has 3 atom stereocenters. The van der Waals surface area contributed by atoms with Crippen LogP contribution in [0.25, 0.3) is 0 Å². The molecule has 4 nitrogen and oxygen atoms in total. The highest BCUT2D eigenvalue weighted by Gasteiger charge is 2.40. The first-order chi connectivity index (χ1) is 10.6. The van der Waals surface area contributed by atoms with E-state index in [4.69, 9.17) is 4.74 Å². The summed E-state index contributed by atoms with van der Waals surface area (Å²) in [6.45, 7) is 4.02. The minimum absolute atomic E-state index is 0.0780. The van der Waals surface area contributed by atoms with Gasteiger partial charge in [-0.05, 0) is 62.5 Å². The molecule has 1 heterocycles. The Morgan fingerprint density at radius 2 is 2.18 bits per heavy atom. The number of rotatable bonds is 5. The third-order valence-electron chi connectivity index (χ3n) is 4.97. The van der Waals surface area contributed by atoms with Gasteiger partial charge in [0.15, 0.2) is 0 Å². The Morgan fingerprint density at radius 3 is 2.82 bits per heavy atom. The van der Waals surface area contributed by atoms with Crippen LogP contribution in [0.15, 0.2) is 6.07 Å². The lowest BCUT2D eigenvalue weighted by Gasteiger charge is -2.20. The van der Waals surface area contributed by atoms with E-state index in [1.54, 1.807) is 6.92 Å². The van der Waals surface area contributed by atoms with E-state index in [1.807, 2.05) is 13.0 Å². The van der Waals surface area contributed by atoms with Crippen LogP contribution in [0.5, 0.6) is 0 Å². The van der Waals surface area contributed by atoms with Gasteiger partial charge in [-0.1, -0.05) is 6.42 Å². The molecule has 0 saturated heterocycles. The Morgan fingerprint density at radius 1 is 1.36 bits per heavy atom. The van der Waals surface area contributed by atoms with Crippen molar-refractivity contribution in [3.8, 4) is 0 Å². The van der Waals surface area contributed by atoms with Crippen molar-refractivity contribution in [3.05, 3.63) is 16.5 Å². The Labute approximate surface area is 135 Å². The van der Waals surface area contributed by atoms with Crippen LogP contribution in [0.4, 0.5) is 5.00 Å². The molecule has 0 spiro atoms. The number of esters is 1. The molecule has 0 aromatic carbocycles. The smallest absolute Gasteiger partial charge is 0.348 e. The van der Waals surface area contributed by atoms with E-state index in [1.165, 1.54) is 37.0 Å². The highest BCUT2D eigenvalue weighted by Crippen LogP contribution is 2.49. The molecule has 1 amide bonds. The number of aryl methyl sites for hydroxylation is 1. The van der Waals surface area contributed by atoms with Crippen LogP contribution in [0, 0.1) is 24.7 Å². The average molecular weight is 321 g/mol. The van der Waals surface area contributed by atoms with E-state index >= 15 is 0 Å². The van der Waals surface area contributed by atoms with E-state index in [-0.39, 0.29) is 11.9 Å². The molecule has 2 bridgehead atoms. The van der Waals surface area contributed by atoms with Crippen LogP contribution in [0.3, 0.4) is 0 Å². The molecule has 1 aromatic heterocycles. The molecule has 1 aromatic rings. The number of ether oxygens (including phenoxy) is 1. The third kappa shape index (κ3) is 3.19. The average Bonchev–Trinajstić information content (AvgIpc) is 3.14. The summed E-state index contributed by atoms with van der Waals surface area (Å²) in [7, 11) is 0. The molecule has 3 unspecified atom stereocenters. The molecule has 3 rings (SSSR count). The zero-order valence-corrected chi connectivity index (χ0v) is 14.0. The van der Waals surface area contributed by atoms with Crippen molar-refractivity contribution < 1.29 is 14.3 Å². The highest BCUT2D eigenvalue weighted by molar-refractivity contribution is 7.18. The van der Waals surface area contributed by atoms with E-state index in [2.05, 4.69) is 5.32 Å². The van der Waals surface area contributed by atoms with Crippen molar-refractivity contribution in [1.82, 2.24) is 0 Å². The number of hydrogen-bond donors (Lipinski definition) is 1. The largest absolute Gasteiger partial charge is 0.462 e. The van der Waals surface area contributed by atoms with Crippen molar-refractivity contribution >= 4 is 28.2 Å². The number of carbonyl (C=O) groups is 2. The van der Waals surface area contributed by atoms with Crippen LogP contribution in [0.1, 0.15) is 54.3 Å². The van der Waals surface area contributed by atoms with Gasteiger partial charge in [0.05, 0.1) is 11.6 Å². The Balaban J connectivity index is 1.57. The Hall–Kier alpha value is -1.36. The van der Waals surface area contributed by atoms with Gasteiger partial charge in [0, 0.05) is 6.42 Å². The standard InChI is InChI=1S/C17H23NO3S/c1-3-21-17(20)16-10(2)6-15(22-16)18-14(19)9-13-8-11-4-5-12(13)7-11/h6,11-13H,3-5,7-9H2,1-2H3,(H,18,19). The molecule has 2 aliphatic rings. The van der Waals surface area contributed by atoms with Crippen LogP contribution < -0.4 is 5.32 Å². The van der Waals surface area contributed by atoms with Gasteiger partial charge in [-0.2, -0.15) is 0 Å². The van der Waals surface area contributed by atoms with Gasteiger partial charge >= 0.3 is 5.97 Å². The normalized spacial score (nSPS) is 26.2. The van der Waals surface area contributed by atoms with Gasteiger partial charge in [-0.15, -0.1) is 11.3 Å². The first kappa shape index (κ1) is 15.5. The predicted molar refractivity (Wildman–Crippen MR) is 87.2 cm³/mol. The lowest BCUT2D eigenvalue weighted by Crippen LogP contribution is -2.19. The molecule has 5 heteroatoms. The number of anilines is 1. The lowest BCUT2D eigenvalue weighted by molar-refractivity contribution is -0.117. The SMILES string of the molecule is CCOC(=O)c1sc(NC(=O)CC2CC3CCC2C3)cc1C. The summed E-state index contributed by atoms with van der Waals surface area (Å²) < 4.78 is 5.03. The molecule has 0 aliphatic heterocycles. The van der Waals surface area contributed by atoms with E-state index in [9.17, 15) is 9.59 Å². The predicted octanol–water partition coefficient (Wildman–Crippen LogP) is 4.00. The van der Waals surface area contributed by atoms with Crippen molar-refractivity contribution in [1.29, 1.82) is 0 Å². The fourth-order valence-electron chi connectivity index (χ4n) is 4.00. The van der Waals surface area contributed by atoms with Gasteiger partial charge in [0.2, 0.25) is 5.91 Å². The van der Waals surface area contributed by atoms with Crippen LogP contribution in [0.2, 0.25) is 0 Å². The molecule has 120 valence electrons. The van der Waals surface area contributed by atoms with Gasteiger partial charge in [0.1, 0.15) is 4.88 Å². The summed E-state index contributed by atoms with van der Waals surface area (Å²) in [6.07, 6.45) is 5.81. The van der Waals surface area contributed by atoms with Gasteiger partial charge in [0.25, 0.3) is 0 Å². The molecular weight excluding hydrogens is 298 g/mol. The van der Waals surface area contributed by atoms with Crippen molar-refractivity contribution in [2.75, 3.05) is 11.9 Å². The summed E-state index contributed by atoms with van der Waals surface area (Å²) in [5.41, 5.74) is 0.860. The fourth-order valence-corrected chi connectivity index (χ4v) is 4.98. The van der Waals surface area contributed by atoms with Crippen LogP contribution in [-0.4, -0.2) is 18.5 Å². The maximum absolute atomic E-state index is 12.2. The fraction of sp³-hybridized carbons (Fsp3) is 0.647.